The third kappa shape index (κ3) is 4.85. The maximum atomic E-state index is 11.5. The molecule has 0 aliphatic carbocycles. The minimum atomic E-state index is -3.30. The summed E-state index contributed by atoms with van der Waals surface area (Å²) in [5.74, 6) is -0.949. The molecule has 0 saturated carbocycles. The highest BCUT2D eigenvalue weighted by Gasteiger charge is 2.15. The van der Waals surface area contributed by atoms with E-state index in [4.69, 9.17) is 5.73 Å². The van der Waals surface area contributed by atoms with Crippen molar-refractivity contribution in [3.05, 3.63) is 29.8 Å². The van der Waals surface area contributed by atoms with Crippen molar-refractivity contribution in [1.29, 1.82) is 0 Å². The van der Waals surface area contributed by atoms with Crippen molar-refractivity contribution in [3.63, 3.8) is 0 Å². The Balaban J connectivity index is 2.59. The third-order valence-corrected chi connectivity index (χ3v) is 4.07. The SMILES string of the molecule is CCCS(=O)(=O)CC(=O)Nc1ccc(CN)cc1. The van der Waals surface area contributed by atoms with Crippen molar-refractivity contribution in [1.82, 2.24) is 0 Å². The predicted octanol–water partition coefficient (Wildman–Crippen LogP) is 0.909. The Morgan fingerprint density at radius 1 is 1.28 bits per heavy atom. The molecule has 0 radical (unpaired) electrons. The molecule has 1 aromatic rings. The van der Waals surface area contributed by atoms with Crippen LogP contribution >= 0.6 is 0 Å². The van der Waals surface area contributed by atoms with Gasteiger partial charge in [-0.3, -0.25) is 4.79 Å². The Labute approximate surface area is 107 Å². The Hall–Kier alpha value is -1.40. The average Bonchev–Trinajstić information content (AvgIpc) is 2.28. The summed E-state index contributed by atoms with van der Waals surface area (Å²) in [6.07, 6.45) is 0.515. The summed E-state index contributed by atoms with van der Waals surface area (Å²) in [5.41, 5.74) is 6.97. The molecule has 5 nitrogen and oxygen atoms in total. The number of benzene rings is 1. The topological polar surface area (TPSA) is 89.3 Å². The number of rotatable bonds is 6. The van der Waals surface area contributed by atoms with Crippen molar-refractivity contribution in [2.75, 3.05) is 16.8 Å². The number of nitrogens with two attached hydrogens (primary N) is 1. The van der Waals surface area contributed by atoms with E-state index in [9.17, 15) is 13.2 Å². The second kappa shape index (κ2) is 6.51. The average molecular weight is 270 g/mol. The molecule has 0 aliphatic rings. The van der Waals surface area contributed by atoms with Crippen LogP contribution in [-0.4, -0.2) is 25.8 Å². The fraction of sp³-hybridized carbons (Fsp3) is 0.417. The smallest absolute Gasteiger partial charge is 0.239 e. The van der Waals surface area contributed by atoms with Crippen LogP contribution in [0.3, 0.4) is 0 Å². The molecule has 18 heavy (non-hydrogen) atoms. The van der Waals surface area contributed by atoms with Crippen molar-refractivity contribution in [2.45, 2.75) is 19.9 Å². The predicted molar refractivity (Wildman–Crippen MR) is 71.9 cm³/mol. The first-order valence-corrected chi connectivity index (χ1v) is 7.58. The van der Waals surface area contributed by atoms with Crippen LogP contribution in [0.25, 0.3) is 0 Å². The van der Waals surface area contributed by atoms with Crippen LogP contribution in [0.15, 0.2) is 24.3 Å². The Morgan fingerprint density at radius 3 is 2.39 bits per heavy atom. The maximum absolute atomic E-state index is 11.5. The molecule has 0 fully saturated rings. The second-order valence-electron chi connectivity index (χ2n) is 4.04. The Kier molecular flexibility index (Phi) is 5.30. The lowest BCUT2D eigenvalue weighted by atomic mass is 10.2. The molecule has 0 atom stereocenters. The quantitative estimate of drug-likeness (QED) is 0.804. The van der Waals surface area contributed by atoms with Gasteiger partial charge < -0.3 is 11.1 Å². The highest BCUT2D eigenvalue weighted by molar-refractivity contribution is 7.92. The minimum absolute atomic E-state index is 0.0343. The highest BCUT2D eigenvalue weighted by atomic mass is 32.2. The van der Waals surface area contributed by atoms with Gasteiger partial charge in [0, 0.05) is 12.2 Å². The molecule has 3 N–H and O–H groups in total. The molecule has 0 unspecified atom stereocenters. The first kappa shape index (κ1) is 14.7. The molecular weight excluding hydrogens is 252 g/mol. The van der Waals surface area contributed by atoms with Gasteiger partial charge in [0.15, 0.2) is 9.84 Å². The number of anilines is 1. The summed E-state index contributed by atoms with van der Waals surface area (Å²) in [5, 5.41) is 2.55. The molecule has 0 heterocycles. The number of carbonyl (C=O) groups is 1. The van der Waals surface area contributed by atoms with Gasteiger partial charge in [-0.25, -0.2) is 8.42 Å². The van der Waals surface area contributed by atoms with Gasteiger partial charge in [0.05, 0.1) is 5.75 Å². The zero-order valence-corrected chi connectivity index (χ0v) is 11.2. The van der Waals surface area contributed by atoms with Crippen LogP contribution in [0, 0.1) is 0 Å². The van der Waals surface area contributed by atoms with Crippen LogP contribution < -0.4 is 11.1 Å². The first-order chi connectivity index (χ1) is 8.46. The van der Waals surface area contributed by atoms with Gasteiger partial charge in [-0.2, -0.15) is 0 Å². The van der Waals surface area contributed by atoms with Gasteiger partial charge in [-0.05, 0) is 24.1 Å². The van der Waals surface area contributed by atoms with Crippen molar-refractivity contribution < 1.29 is 13.2 Å². The third-order valence-electron chi connectivity index (χ3n) is 2.34. The van der Waals surface area contributed by atoms with E-state index >= 15 is 0 Å². The molecule has 0 saturated heterocycles. The van der Waals surface area contributed by atoms with E-state index in [1.165, 1.54) is 0 Å². The molecule has 0 aliphatic heterocycles. The van der Waals surface area contributed by atoms with E-state index in [0.717, 1.165) is 5.56 Å². The first-order valence-electron chi connectivity index (χ1n) is 5.76. The molecule has 0 spiro atoms. The summed E-state index contributed by atoms with van der Waals surface area (Å²) in [6, 6.07) is 6.98. The summed E-state index contributed by atoms with van der Waals surface area (Å²) in [6.45, 7) is 2.19. The minimum Gasteiger partial charge on any atom is -0.326 e. The second-order valence-corrected chi connectivity index (χ2v) is 6.23. The zero-order valence-electron chi connectivity index (χ0n) is 10.3. The van der Waals surface area contributed by atoms with E-state index in [-0.39, 0.29) is 5.75 Å². The van der Waals surface area contributed by atoms with Gasteiger partial charge >= 0.3 is 0 Å². The lowest BCUT2D eigenvalue weighted by molar-refractivity contribution is -0.113. The van der Waals surface area contributed by atoms with E-state index in [1.54, 1.807) is 31.2 Å². The van der Waals surface area contributed by atoms with Gasteiger partial charge in [-0.15, -0.1) is 0 Å². The highest BCUT2D eigenvalue weighted by Crippen LogP contribution is 2.09. The maximum Gasteiger partial charge on any atom is 0.239 e. The monoisotopic (exact) mass is 270 g/mol. The Morgan fingerprint density at radius 2 is 1.89 bits per heavy atom. The van der Waals surface area contributed by atoms with E-state index in [0.29, 0.717) is 18.7 Å². The van der Waals surface area contributed by atoms with Crippen molar-refractivity contribution in [2.24, 2.45) is 5.73 Å². The summed E-state index contributed by atoms with van der Waals surface area (Å²) < 4.78 is 22.9. The fourth-order valence-electron chi connectivity index (χ4n) is 1.50. The summed E-state index contributed by atoms with van der Waals surface area (Å²) >= 11 is 0. The molecule has 0 aromatic heterocycles. The molecule has 1 amide bonds. The van der Waals surface area contributed by atoms with Gasteiger partial charge in [-0.1, -0.05) is 19.1 Å². The number of carbonyl (C=O) groups excluding carboxylic acids is 1. The van der Waals surface area contributed by atoms with Gasteiger partial charge in [0.1, 0.15) is 5.75 Å². The normalized spacial score (nSPS) is 11.2. The van der Waals surface area contributed by atoms with Gasteiger partial charge in [0.25, 0.3) is 0 Å². The largest absolute Gasteiger partial charge is 0.326 e. The standard InChI is InChI=1S/C12H18N2O3S/c1-2-7-18(16,17)9-12(15)14-11-5-3-10(8-13)4-6-11/h3-6H,2,7-9,13H2,1H3,(H,14,15). The number of hydrogen-bond acceptors (Lipinski definition) is 4. The lowest BCUT2D eigenvalue weighted by Gasteiger charge is -2.06. The van der Waals surface area contributed by atoms with Crippen molar-refractivity contribution >= 4 is 21.4 Å². The number of hydrogen-bond donors (Lipinski definition) is 2. The lowest BCUT2D eigenvalue weighted by Crippen LogP contribution is -2.24. The Bertz CT molecular complexity index is 495. The molecule has 1 rings (SSSR count). The van der Waals surface area contributed by atoms with Crippen LogP contribution in [0.2, 0.25) is 0 Å². The molecule has 1 aromatic carbocycles. The van der Waals surface area contributed by atoms with Crippen LogP contribution in [-0.2, 0) is 21.2 Å². The molecular formula is C12H18N2O3S. The number of nitrogens with one attached hydrogen (secondary N) is 1. The van der Waals surface area contributed by atoms with Crippen molar-refractivity contribution in [3.8, 4) is 0 Å². The zero-order chi connectivity index (χ0) is 13.6. The molecule has 100 valence electrons. The van der Waals surface area contributed by atoms with E-state index < -0.39 is 21.5 Å². The number of sulfone groups is 1. The van der Waals surface area contributed by atoms with E-state index in [2.05, 4.69) is 5.32 Å². The van der Waals surface area contributed by atoms with Crippen LogP contribution in [0.4, 0.5) is 5.69 Å². The van der Waals surface area contributed by atoms with Gasteiger partial charge in [0.2, 0.25) is 5.91 Å². The number of amides is 1. The summed E-state index contributed by atoms with van der Waals surface area (Å²) in [4.78, 5) is 11.5. The molecule has 6 heteroatoms. The molecule has 0 bridgehead atoms. The summed E-state index contributed by atoms with van der Waals surface area (Å²) in [7, 11) is -3.30. The van der Waals surface area contributed by atoms with E-state index in [1.807, 2.05) is 0 Å². The van der Waals surface area contributed by atoms with Crippen LogP contribution in [0.1, 0.15) is 18.9 Å². The fourth-order valence-corrected chi connectivity index (χ4v) is 2.74. The van der Waals surface area contributed by atoms with Crippen LogP contribution in [0.5, 0.6) is 0 Å².